The number of aliphatic hydroxyl groups excluding tert-OH is 1. The van der Waals surface area contributed by atoms with Crippen LogP contribution in [0.1, 0.15) is 0 Å². The van der Waals surface area contributed by atoms with Gasteiger partial charge in [0.1, 0.15) is 6.79 Å². The van der Waals surface area contributed by atoms with Crippen molar-refractivity contribution < 1.29 is 20.1 Å². The first-order valence-corrected chi connectivity index (χ1v) is 2.97. The topological polar surface area (TPSA) is 70.2 Å². The summed E-state index contributed by atoms with van der Waals surface area (Å²) in [4.78, 5) is 0. The highest BCUT2D eigenvalue weighted by Crippen LogP contribution is 1.60. The quantitative estimate of drug-likeness (QED) is 0.471. The van der Waals surface area contributed by atoms with Crippen molar-refractivity contribution in [2.45, 2.75) is 0 Å². The molecule has 3 N–H and O–H groups in total. The van der Waals surface area contributed by atoms with E-state index in [0.717, 1.165) is 7.11 Å². The molecule has 0 unspecified atom stereocenters. The van der Waals surface area contributed by atoms with Crippen molar-refractivity contribution in [2.24, 2.45) is 0 Å². The van der Waals surface area contributed by atoms with Crippen molar-refractivity contribution in [2.75, 3.05) is 34.5 Å². The molecule has 4 nitrogen and oxygen atoms in total. The van der Waals surface area contributed by atoms with Crippen molar-refractivity contribution in [1.82, 2.24) is 0 Å². The Morgan fingerprint density at radius 1 is 1.10 bits per heavy atom. The summed E-state index contributed by atoms with van der Waals surface area (Å²) in [6.07, 6.45) is 1.47. The lowest BCUT2D eigenvalue weighted by molar-refractivity contribution is -0.00271. The zero-order chi connectivity index (χ0) is 8.12. The SMILES string of the molecule is CCl.CO.COCOC.O. The summed E-state index contributed by atoms with van der Waals surface area (Å²) in [6, 6.07) is 0. The second kappa shape index (κ2) is 61.6. The lowest BCUT2D eigenvalue weighted by Crippen LogP contribution is -1.87. The number of hydrogen-bond donors (Lipinski definition) is 1. The number of rotatable bonds is 2. The van der Waals surface area contributed by atoms with Crippen molar-refractivity contribution in [3.8, 4) is 0 Å². The second-order valence-electron chi connectivity index (χ2n) is 0.695. The number of alkyl halides is 1. The van der Waals surface area contributed by atoms with Gasteiger partial charge in [-0.2, -0.15) is 0 Å². The van der Waals surface area contributed by atoms with E-state index >= 15 is 0 Å². The smallest absolute Gasteiger partial charge is 0.145 e. The van der Waals surface area contributed by atoms with E-state index in [9.17, 15) is 0 Å². The van der Waals surface area contributed by atoms with Crippen LogP contribution in [0.2, 0.25) is 0 Å². The Bertz CT molecular complexity index is 21.1. The van der Waals surface area contributed by atoms with Crippen LogP contribution in [0.15, 0.2) is 0 Å². The fraction of sp³-hybridized carbons (Fsp3) is 1.00. The molecule has 0 amide bonds. The molecule has 0 aliphatic carbocycles. The number of hydrogen-bond acceptors (Lipinski definition) is 3. The predicted octanol–water partition coefficient (Wildman–Crippen LogP) is -0.125. The van der Waals surface area contributed by atoms with Crippen LogP contribution in [0.25, 0.3) is 0 Å². The van der Waals surface area contributed by atoms with Gasteiger partial charge in [-0.25, -0.2) is 0 Å². The highest BCUT2D eigenvalue weighted by Gasteiger charge is 1.63. The Kier molecular flexibility index (Phi) is 138. The van der Waals surface area contributed by atoms with Crippen molar-refractivity contribution >= 4 is 11.6 Å². The number of methoxy groups -OCH3 is 2. The lowest BCUT2D eigenvalue weighted by Gasteiger charge is -1.87. The molecule has 0 fully saturated rings. The van der Waals surface area contributed by atoms with Crippen LogP contribution in [-0.4, -0.2) is 45.1 Å². The van der Waals surface area contributed by atoms with Gasteiger partial charge in [0.15, 0.2) is 0 Å². The minimum absolute atomic E-state index is 0. The molecule has 0 spiro atoms. The second-order valence-corrected chi connectivity index (χ2v) is 0.695. The minimum Gasteiger partial charge on any atom is -0.412 e. The first kappa shape index (κ1) is 22.5. The van der Waals surface area contributed by atoms with Crippen molar-refractivity contribution in [3.63, 3.8) is 0 Å². The van der Waals surface area contributed by atoms with Gasteiger partial charge in [0.05, 0.1) is 0 Å². The average molecular weight is 177 g/mol. The maximum Gasteiger partial charge on any atom is 0.145 e. The zero-order valence-corrected chi connectivity index (χ0v) is 7.60. The van der Waals surface area contributed by atoms with Gasteiger partial charge < -0.3 is 20.1 Å². The van der Waals surface area contributed by atoms with Crippen LogP contribution in [-0.2, 0) is 9.47 Å². The van der Waals surface area contributed by atoms with Gasteiger partial charge in [-0.05, 0) is 0 Å². The molecule has 0 radical (unpaired) electrons. The standard InChI is InChI=1S/C3H8O2.CH3Cl.CH4O.H2O/c1-4-3-5-2;2*1-2;/h3H2,1-2H3;1H3;2H,1H3;1H2. The molecule has 10 heavy (non-hydrogen) atoms. The van der Waals surface area contributed by atoms with Crippen molar-refractivity contribution in [3.05, 3.63) is 0 Å². The van der Waals surface area contributed by atoms with E-state index in [4.69, 9.17) is 5.11 Å². The fourth-order valence-electron chi connectivity index (χ4n) is 0.118. The van der Waals surface area contributed by atoms with E-state index in [1.807, 2.05) is 0 Å². The molecular formula is C5H17ClO4. The fourth-order valence-corrected chi connectivity index (χ4v) is 0.118. The summed E-state index contributed by atoms with van der Waals surface area (Å²) < 4.78 is 8.94. The van der Waals surface area contributed by atoms with E-state index in [2.05, 4.69) is 21.1 Å². The Morgan fingerprint density at radius 2 is 1.30 bits per heavy atom. The summed E-state index contributed by atoms with van der Waals surface area (Å²) in [5.74, 6) is 0. The van der Waals surface area contributed by atoms with Crippen LogP contribution < -0.4 is 0 Å². The molecule has 0 rings (SSSR count). The largest absolute Gasteiger partial charge is 0.412 e. The molecule has 5 heteroatoms. The molecule has 0 atom stereocenters. The highest BCUT2D eigenvalue weighted by atomic mass is 35.5. The Morgan fingerprint density at radius 3 is 1.30 bits per heavy atom. The third kappa shape index (κ3) is 91.1. The first-order chi connectivity index (χ1) is 4.41. The Labute approximate surface area is 67.0 Å². The Hall–Kier alpha value is 0.130. The molecule has 0 heterocycles. The summed E-state index contributed by atoms with van der Waals surface area (Å²) >= 11 is 4.64. The minimum atomic E-state index is 0. The Balaban J connectivity index is -0.0000000315. The van der Waals surface area contributed by atoms with E-state index in [0.29, 0.717) is 6.79 Å². The molecule has 0 aliphatic rings. The van der Waals surface area contributed by atoms with Crippen LogP contribution >= 0.6 is 11.6 Å². The maximum atomic E-state index is 7.00. The highest BCUT2D eigenvalue weighted by molar-refractivity contribution is 6.15. The average Bonchev–Trinajstić information content (AvgIpc) is 1.98. The van der Waals surface area contributed by atoms with Gasteiger partial charge in [0.2, 0.25) is 0 Å². The third-order valence-electron chi connectivity index (χ3n) is 0.236. The number of halogens is 1. The predicted molar refractivity (Wildman–Crippen MR) is 42.4 cm³/mol. The number of aliphatic hydroxyl groups is 1. The molecule has 0 saturated carbocycles. The summed E-state index contributed by atoms with van der Waals surface area (Å²) in [5, 5.41) is 7.00. The van der Waals surface area contributed by atoms with Crippen LogP contribution in [0, 0.1) is 0 Å². The molecule has 0 aliphatic heterocycles. The van der Waals surface area contributed by atoms with Gasteiger partial charge in [0, 0.05) is 27.7 Å². The van der Waals surface area contributed by atoms with Crippen LogP contribution in [0.3, 0.4) is 0 Å². The summed E-state index contributed by atoms with van der Waals surface area (Å²) in [6.45, 7) is 0.389. The summed E-state index contributed by atoms with van der Waals surface area (Å²) in [5.41, 5.74) is 0. The van der Waals surface area contributed by atoms with Gasteiger partial charge >= 0.3 is 0 Å². The molecule has 0 bridgehead atoms. The molecule has 0 aromatic heterocycles. The third-order valence-corrected chi connectivity index (χ3v) is 0.236. The molecule has 0 aromatic rings. The zero-order valence-electron chi connectivity index (χ0n) is 6.85. The van der Waals surface area contributed by atoms with E-state index in [-0.39, 0.29) is 5.48 Å². The molecule has 0 aromatic carbocycles. The first-order valence-electron chi connectivity index (χ1n) is 2.22. The maximum absolute atomic E-state index is 7.00. The van der Waals surface area contributed by atoms with Gasteiger partial charge in [-0.1, -0.05) is 0 Å². The normalized spacial score (nSPS) is 5.40. The number of ether oxygens (including phenoxy) is 2. The van der Waals surface area contributed by atoms with Gasteiger partial charge in [0.25, 0.3) is 0 Å². The lowest BCUT2D eigenvalue weighted by atomic mass is 11.4. The molecular weight excluding hydrogens is 160 g/mol. The van der Waals surface area contributed by atoms with E-state index < -0.39 is 0 Å². The van der Waals surface area contributed by atoms with Crippen molar-refractivity contribution in [1.29, 1.82) is 0 Å². The van der Waals surface area contributed by atoms with E-state index in [1.165, 1.54) is 6.38 Å². The molecule has 0 saturated heterocycles. The monoisotopic (exact) mass is 176 g/mol. The van der Waals surface area contributed by atoms with Gasteiger partial charge in [-0.3, -0.25) is 0 Å². The van der Waals surface area contributed by atoms with Crippen LogP contribution in [0.4, 0.5) is 0 Å². The molecule has 68 valence electrons. The van der Waals surface area contributed by atoms with Gasteiger partial charge in [-0.15, -0.1) is 11.6 Å². The summed E-state index contributed by atoms with van der Waals surface area (Å²) in [7, 11) is 4.17. The van der Waals surface area contributed by atoms with Crippen LogP contribution in [0.5, 0.6) is 0 Å². The van der Waals surface area contributed by atoms with E-state index in [1.54, 1.807) is 14.2 Å².